The largest absolute Gasteiger partial charge is 0.455 e. The first-order chi connectivity index (χ1) is 21.8. The van der Waals surface area contributed by atoms with Gasteiger partial charge in [-0.3, -0.25) is 18.5 Å². The van der Waals surface area contributed by atoms with Crippen LogP contribution in [0.1, 0.15) is 26.3 Å². The number of nitrogens with one attached hydrogen (secondary N) is 1. The minimum absolute atomic E-state index is 0.0242. The number of fused-ring (bicyclic) bond motifs is 2. The molecule has 234 valence electrons. The fraction of sp³-hybridized carbons (Fsp3) is 0.121. The van der Waals surface area contributed by atoms with Gasteiger partial charge in [-0.1, -0.05) is 29.8 Å². The van der Waals surface area contributed by atoms with Crippen LogP contribution in [-0.2, 0) is 10.0 Å². The summed E-state index contributed by atoms with van der Waals surface area (Å²) in [6.45, 7) is 1.93. The summed E-state index contributed by atoms with van der Waals surface area (Å²) >= 11 is 0. The Kier molecular flexibility index (Phi) is 7.36. The normalized spacial score (nSPS) is 11.7. The number of nitrogens with two attached hydrogens (primary N) is 1. The molecule has 0 spiro atoms. The Hall–Kier alpha value is -5.56. The molecule has 10 nitrogen and oxygen atoms in total. The van der Waals surface area contributed by atoms with Crippen LogP contribution in [0.5, 0.6) is 0 Å². The molecule has 0 saturated carbocycles. The van der Waals surface area contributed by atoms with Crippen molar-refractivity contribution in [2.45, 2.75) is 6.92 Å². The van der Waals surface area contributed by atoms with Crippen molar-refractivity contribution in [1.82, 2.24) is 14.9 Å². The number of carbonyl (C=O) groups is 2. The van der Waals surface area contributed by atoms with Crippen LogP contribution in [0.15, 0.2) is 77.5 Å². The van der Waals surface area contributed by atoms with E-state index in [0.29, 0.717) is 10.9 Å². The number of hydrogen-bond donors (Lipinski definition) is 2. The van der Waals surface area contributed by atoms with Gasteiger partial charge in [-0.05, 0) is 48.9 Å². The minimum atomic E-state index is -3.82. The average molecular weight is 644 g/mol. The van der Waals surface area contributed by atoms with Crippen LogP contribution >= 0.6 is 0 Å². The number of nitrogens with zero attached hydrogens (tertiary/aromatic N) is 3. The van der Waals surface area contributed by atoms with Gasteiger partial charge in [0.15, 0.2) is 5.82 Å². The summed E-state index contributed by atoms with van der Waals surface area (Å²) in [7, 11) is -0.988. The number of anilines is 1. The number of aromatic nitrogens is 2. The zero-order valence-electron chi connectivity index (χ0n) is 25.1. The standard InChI is InChI=1S/C33H27F2N5O5S/c1-17-5-7-18(8-6-17)31-29(33(42)37-2)23-14-21(26(15-28(23)45-31)39(3)46(4,43)44)19-11-25(35)30-27(12-19)40(16-38-30)20-9-10-24(34)22(13-20)32(36)41/h5-16H,1-4H3,(H2,36,41)(H,37,42). The second kappa shape index (κ2) is 11.1. The number of amides is 2. The molecule has 4 aromatic carbocycles. The number of primary amides is 1. The third kappa shape index (κ3) is 5.13. The minimum Gasteiger partial charge on any atom is -0.455 e. The molecule has 3 N–H and O–H groups in total. The van der Waals surface area contributed by atoms with Gasteiger partial charge < -0.3 is 15.5 Å². The Morgan fingerprint density at radius 3 is 2.35 bits per heavy atom. The van der Waals surface area contributed by atoms with Crippen LogP contribution in [0.25, 0.3) is 50.1 Å². The van der Waals surface area contributed by atoms with Crippen molar-refractivity contribution in [3.63, 3.8) is 0 Å². The van der Waals surface area contributed by atoms with Crippen molar-refractivity contribution in [3.8, 4) is 28.1 Å². The van der Waals surface area contributed by atoms with Crippen LogP contribution in [0.4, 0.5) is 14.5 Å². The second-order valence-electron chi connectivity index (χ2n) is 10.8. The molecule has 0 saturated heterocycles. The van der Waals surface area contributed by atoms with Crippen LogP contribution in [-0.4, -0.2) is 50.1 Å². The number of benzene rings is 4. The smallest absolute Gasteiger partial charge is 0.255 e. The highest BCUT2D eigenvalue weighted by molar-refractivity contribution is 7.92. The molecule has 6 aromatic rings. The van der Waals surface area contributed by atoms with Gasteiger partial charge in [0, 0.05) is 42.4 Å². The SMILES string of the molecule is CNC(=O)c1c(-c2ccc(C)cc2)oc2cc(N(C)S(C)(=O)=O)c(-c3cc(F)c4ncn(-c5ccc(F)c(C(N)=O)c5)c4c3)cc12. The summed E-state index contributed by atoms with van der Waals surface area (Å²) < 4.78 is 64.2. The maximum Gasteiger partial charge on any atom is 0.255 e. The van der Waals surface area contributed by atoms with Gasteiger partial charge in [0.1, 0.15) is 29.0 Å². The lowest BCUT2D eigenvalue weighted by atomic mass is 9.97. The second-order valence-corrected chi connectivity index (χ2v) is 12.8. The summed E-state index contributed by atoms with van der Waals surface area (Å²) in [6, 6.07) is 16.9. The zero-order valence-corrected chi connectivity index (χ0v) is 25.9. The molecule has 13 heteroatoms. The molecular weight excluding hydrogens is 616 g/mol. The van der Waals surface area contributed by atoms with E-state index in [4.69, 9.17) is 10.2 Å². The van der Waals surface area contributed by atoms with E-state index in [1.807, 2.05) is 31.2 Å². The van der Waals surface area contributed by atoms with E-state index in [2.05, 4.69) is 10.3 Å². The zero-order chi connectivity index (χ0) is 33.1. The Balaban J connectivity index is 1.65. The predicted molar refractivity (Wildman–Crippen MR) is 172 cm³/mol. The summed E-state index contributed by atoms with van der Waals surface area (Å²) in [5.74, 6) is -2.68. The molecule has 0 aliphatic rings. The molecule has 0 atom stereocenters. The molecule has 0 bridgehead atoms. The Morgan fingerprint density at radius 2 is 1.70 bits per heavy atom. The van der Waals surface area contributed by atoms with E-state index in [0.717, 1.165) is 22.2 Å². The molecule has 0 unspecified atom stereocenters. The molecule has 0 fully saturated rings. The van der Waals surface area contributed by atoms with E-state index < -0.39 is 33.5 Å². The first-order valence-corrected chi connectivity index (χ1v) is 15.7. The number of carbonyl (C=O) groups excluding carboxylic acids is 2. The van der Waals surface area contributed by atoms with Crippen LogP contribution in [0, 0.1) is 18.6 Å². The predicted octanol–water partition coefficient (Wildman–Crippen LogP) is 5.55. The number of furan rings is 1. The number of sulfonamides is 1. The van der Waals surface area contributed by atoms with Crippen LogP contribution < -0.4 is 15.4 Å². The summed E-state index contributed by atoms with van der Waals surface area (Å²) in [6.07, 6.45) is 2.34. The lowest BCUT2D eigenvalue weighted by Crippen LogP contribution is -2.25. The number of hydrogen-bond acceptors (Lipinski definition) is 6. The average Bonchev–Trinajstić information content (AvgIpc) is 3.61. The molecule has 0 aliphatic heterocycles. The van der Waals surface area contributed by atoms with E-state index in [1.54, 1.807) is 12.1 Å². The highest BCUT2D eigenvalue weighted by Gasteiger charge is 2.27. The first-order valence-electron chi connectivity index (χ1n) is 13.9. The van der Waals surface area contributed by atoms with Gasteiger partial charge in [-0.25, -0.2) is 22.2 Å². The van der Waals surface area contributed by atoms with Crippen molar-refractivity contribution in [1.29, 1.82) is 0 Å². The van der Waals surface area contributed by atoms with Gasteiger partial charge in [0.05, 0.1) is 28.6 Å². The molecular formula is C33H27F2N5O5S. The van der Waals surface area contributed by atoms with E-state index >= 15 is 4.39 Å². The molecule has 6 rings (SSSR count). The number of halogens is 2. The van der Waals surface area contributed by atoms with Crippen molar-refractivity contribution in [3.05, 3.63) is 101 Å². The summed E-state index contributed by atoms with van der Waals surface area (Å²) in [5, 5.41) is 3.01. The maximum atomic E-state index is 15.7. The lowest BCUT2D eigenvalue weighted by Gasteiger charge is -2.21. The van der Waals surface area contributed by atoms with Crippen LogP contribution in [0.2, 0.25) is 0 Å². The molecule has 0 aliphatic carbocycles. The third-order valence-corrected chi connectivity index (χ3v) is 9.01. The van der Waals surface area contributed by atoms with Crippen LogP contribution in [0.3, 0.4) is 0 Å². The van der Waals surface area contributed by atoms with Crippen molar-refractivity contribution >= 4 is 49.5 Å². The first kappa shape index (κ1) is 30.5. The molecule has 2 amide bonds. The Labute approximate surface area is 262 Å². The van der Waals surface area contributed by atoms with E-state index in [-0.39, 0.29) is 56.0 Å². The summed E-state index contributed by atoms with van der Waals surface area (Å²) in [5.41, 5.74) is 8.24. The van der Waals surface area contributed by atoms with E-state index in [1.165, 1.54) is 49.3 Å². The highest BCUT2D eigenvalue weighted by Crippen LogP contribution is 2.42. The monoisotopic (exact) mass is 643 g/mol. The maximum absolute atomic E-state index is 15.7. The number of imidazole rings is 1. The van der Waals surface area contributed by atoms with Crippen molar-refractivity contribution in [2.75, 3.05) is 24.7 Å². The van der Waals surface area contributed by atoms with Gasteiger partial charge >= 0.3 is 0 Å². The molecule has 0 radical (unpaired) electrons. The lowest BCUT2D eigenvalue weighted by molar-refractivity contribution is 0.0962. The van der Waals surface area contributed by atoms with Gasteiger partial charge in [-0.2, -0.15) is 0 Å². The topological polar surface area (TPSA) is 141 Å². The Morgan fingerprint density at radius 1 is 0.978 bits per heavy atom. The number of aryl methyl sites for hydroxylation is 1. The molecule has 46 heavy (non-hydrogen) atoms. The van der Waals surface area contributed by atoms with Gasteiger partial charge in [0.2, 0.25) is 10.0 Å². The Bertz CT molecular complexity index is 2330. The number of rotatable bonds is 7. The van der Waals surface area contributed by atoms with Crippen molar-refractivity contribution in [2.24, 2.45) is 5.73 Å². The highest BCUT2D eigenvalue weighted by atomic mass is 32.2. The van der Waals surface area contributed by atoms with Gasteiger partial charge in [0.25, 0.3) is 11.8 Å². The van der Waals surface area contributed by atoms with Gasteiger partial charge in [-0.15, -0.1) is 0 Å². The third-order valence-electron chi connectivity index (χ3n) is 7.82. The molecule has 2 aromatic heterocycles. The quantitative estimate of drug-likeness (QED) is 0.234. The fourth-order valence-corrected chi connectivity index (χ4v) is 5.86. The van der Waals surface area contributed by atoms with Crippen molar-refractivity contribution < 1.29 is 31.2 Å². The van der Waals surface area contributed by atoms with E-state index in [9.17, 15) is 22.4 Å². The molecule has 2 heterocycles. The fourth-order valence-electron chi connectivity index (χ4n) is 5.35. The summed E-state index contributed by atoms with van der Waals surface area (Å²) in [4.78, 5) is 29.2.